The summed E-state index contributed by atoms with van der Waals surface area (Å²) in [5, 5.41) is 0. The quantitative estimate of drug-likeness (QED) is 0.618. The number of ether oxygens (including phenoxy) is 1. The highest BCUT2D eigenvalue weighted by molar-refractivity contribution is 9.10. The smallest absolute Gasteiger partial charge is 0.310 e. The molecule has 1 heterocycles. The van der Waals surface area contributed by atoms with E-state index >= 15 is 0 Å². The summed E-state index contributed by atoms with van der Waals surface area (Å²) in [6.45, 7) is 2.07. The van der Waals surface area contributed by atoms with Gasteiger partial charge in [0.05, 0.1) is 17.5 Å². The Morgan fingerprint density at radius 1 is 1.71 bits per heavy atom. The van der Waals surface area contributed by atoms with E-state index in [1.54, 1.807) is 6.92 Å². The van der Waals surface area contributed by atoms with Crippen LogP contribution in [0.1, 0.15) is 12.5 Å². The number of esters is 1. The second-order valence-electron chi connectivity index (χ2n) is 2.60. The lowest BCUT2D eigenvalue weighted by Crippen LogP contribution is -2.07. The molecule has 76 valence electrons. The number of carbonyl (C=O) groups excluding carboxylic acids is 1. The van der Waals surface area contributed by atoms with Crippen molar-refractivity contribution in [2.45, 2.75) is 13.3 Å². The SMILES string of the molecule is CCOC(=O)Cc1cnc(F)c(Br)c1. The molecular weight excluding hydrogens is 253 g/mol. The lowest BCUT2D eigenvalue weighted by Gasteiger charge is -2.02. The predicted molar refractivity (Wildman–Crippen MR) is 52.2 cm³/mol. The standard InChI is InChI=1S/C9H9BrFNO2/c1-2-14-8(13)4-6-3-7(10)9(11)12-5-6/h3,5H,2,4H2,1H3. The van der Waals surface area contributed by atoms with Crippen LogP contribution in [-0.4, -0.2) is 17.6 Å². The molecule has 3 nitrogen and oxygen atoms in total. The Hall–Kier alpha value is -0.970. The molecule has 0 aromatic carbocycles. The van der Waals surface area contributed by atoms with Gasteiger partial charge in [0.2, 0.25) is 5.95 Å². The molecule has 0 bridgehead atoms. The zero-order chi connectivity index (χ0) is 10.6. The van der Waals surface area contributed by atoms with Crippen LogP contribution in [0.5, 0.6) is 0 Å². The van der Waals surface area contributed by atoms with Gasteiger partial charge in [-0.2, -0.15) is 4.39 Å². The van der Waals surface area contributed by atoms with E-state index in [-0.39, 0.29) is 16.9 Å². The van der Waals surface area contributed by atoms with Crippen molar-refractivity contribution in [2.24, 2.45) is 0 Å². The molecule has 0 saturated carbocycles. The number of hydrogen-bond donors (Lipinski definition) is 0. The van der Waals surface area contributed by atoms with Crippen LogP contribution in [0, 0.1) is 5.95 Å². The summed E-state index contributed by atoms with van der Waals surface area (Å²) >= 11 is 2.99. The molecule has 1 rings (SSSR count). The molecular formula is C9H9BrFNO2. The zero-order valence-electron chi connectivity index (χ0n) is 7.59. The summed E-state index contributed by atoms with van der Waals surface area (Å²) in [5.41, 5.74) is 0.622. The lowest BCUT2D eigenvalue weighted by atomic mass is 10.2. The Bertz CT molecular complexity index is 344. The van der Waals surface area contributed by atoms with Gasteiger partial charge in [-0.05, 0) is 34.5 Å². The normalized spacial score (nSPS) is 9.93. The highest BCUT2D eigenvalue weighted by Gasteiger charge is 2.07. The van der Waals surface area contributed by atoms with Crippen molar-refractivity contribution in [2.75, 3.05) is 6.61 Å². The van der Waals surface area contributed by atoms with Crippen LogP contribution >= 0.6 is 15.9 Å². The van der Waals surface area contributed by atoms with E-state index in [4.69, 9.17) is 4.74 Å². The average molecular weight is 262 g/mol. The van der Waals surface area contributed by atoms with Crippen molar-refractivity contribution in [3.05, 3.63) is 28.2 Å². The van der Waals surface area contributed by atoms with Crippen molar-refractivity contribution in [1.29, 1.82) is 0 Å². The molecule has 0 amide bonds. The molecule has 0 aliphatic rings. The third-order valence-corrected chi connectivity index (χ3v) is 2.06. The van der Waals surface area contributed by atoms with Gasteiger partial charge in [0, 0.05) is 6.20 Å². The van der Waals surface area contributed by atoms with E-state index in [1.165, 1.54) is 12.3 Å². The third-order valence-electron chi connectivity index (χ3n) is 1.51. The van der Waals surface area contributed by atoms with E-state index < -0.39 is 5.95 Å². The second kappa shape index (κ2) is 5.05. The number of nitrogens with zero attached hydrogens (tertiary/aromatic N) is 1. The number of aromatic nitrogens is 1. The van der Waals surface area contributed by atoms with Crippen molar-refractivity contribution in [1.82, 2.24) is 4.98 Å². The molecule has 0 atom stereocenters. The van der Waals surface area contributed by atoms with Gasteiger partial charge in [0.15, 0.2) is 0 Å². The highest BCUT2D eigenvalue weighted by Crippen LogP contribution is 2.14. The maximum atomic E-state index is 12.7. The average Bonchev–Trinajstić information content (AvgIpc) is 2.12. The van der Waals surface area contributed by atoms with Gasteiger partial charge in [-0.3, -0.25) is 4.79 Å². The molecule has 5 heteroatoms. The van der Waals surface area contributed by atoms with Crippen molar-refractivity contribution >= 4 is 21.9 Å². The minimum atomic E-state index is -0.586. The molecule has 0 saturated heterocycles. The molecule has 1 aromatic rings. The van der Waals surface area contributed by atoms with Gasteiger partial charge in [-0.15, -0.1) is 0 Å². The maximum absolute atomic E-state index is 12.7. The summed E-state index contributed by atoms with van der Waals surface area (Å²) in [5.74, 6) is -0.926. The summed E-state index contributed by atoms with van der Waals surface area (Å²) in [6, 6.07) is 1.51. The fourth-order valence-electron chi connectivity index (χ4n) is 0.936. The minimum Gasteiger partial charge on any atom is -0.466 e. The van der Waals surface area contributed by atoms with Crippen LogP contribution in [0.15, 0.2) is 16.7 Å². The van der Waals surface area contributed by atoms with Gasteiger partial charge >= 0.3 is 5.97 Å². The molecule has 0 unspecified atom stereocenters. The topological polar surface area (TPSA) is 39.2 Å². The van der Waals surface area contributed by atoms with Crippen LogP contribution in [0.3, 0.4) is 0 Å². The van der Waals surface area contributed by atoms with Gasteiger partial charge in [0.1, 0.15) is 0 Å². The lowest BCUT2D eigenvalue weighted by molar-refractivity contribution is -0.142. The van der Waals surface area contributed by atoms with Crippen LogP contribution in [0.4, 0.5) is 4.39 Å². The molecule has 0 fully saturated rings. The zero-order valence-corrected chi connectivity index (χ0v) is 9.17. The number of pyridine rings is 1. The van der Waals surface area contributed by atoms with E-state index in [2.05, 4.69) is 20.9 Å². The molecule has 0 aliphatic carbocycles. The second-order valence-corrected chi connectivity index (χ2v) is 3.45. The molecule has 14 heavy (non-hydrogen) atoms. The van der Waals surface area contributed by atoms with Crippen LogP contribution < -0.4 is 0 Å². The summed E-state index contributed by atoms with van der Waals surface area (Å²) < 4.78 is 17.7. The minimum absolute atomic E-state index is 0.111. The Morgan fingerprint density at radius 2 is 2.43 bits per heavy atom. The van der Waals surface area contributed by atoms with Gasteiger partial charge in [0.25, 0.3) is 0 Å². The fourth-order valence-corrected chi connectivity index (χ4v) is 1.33. The van der Waals surface area contributed by atoms with Gasteiger partial charge < -0.3 is 4.74 Å². The summed E-state index contributed by atoms with van der Waals surface area (Å²) in [4.78, 5) is 14.5. The monoisotopic (exact) mass is 261 g/mol. The highest BCUT2D eigenvalue weighted by atomic mass is 79.9. The molecule has 0 spiro atoms. The van der Waals surface area contributed by atoms with Crippen LogP contribution in [0.2, 0.25) is 0 Å². The molecule has 1 aromatic heterocycles. The third kappa shape index (κ3) is 3.06. The number of halogens is 2. The number of hydrogen-bond acceptors (Lipinski definition) is 3. The van der Waals surface area contributed by atoms with E-state index in [9.17, 15) is 9.18 Å². The Balaban J connectivity index is 2.68. The van der Waals surface area contributed by atoms with Crippen molar-refractivity contribution in [3.63, 3.8) is 0 Å². The van der Waals surface area contributed by atoms with Crippen molar-refractivity contribution in [3.8, 4) is 0 Å². The van der Waals surface area contributed by atoms with Crippen LogP contribution in [-0.2, 0) is 16.0 Å². The van der Waals surface area contributed by atoms with Crippen molar-refractivity contribution < 1.29 is 13.9 Å². The number of rotatable bonds is 3. The molecule has 0 radical (unpaired) electrons. The first-order valence-electron chi connectivity index (χ1n) is 4.09. The van der Waals surface area contributed by atoms with Gasteiger partial charge in [-0.25, -0.2) is 4.98 Å². The Kier molecular flexibility index (Phi) is 4.00. The first kappa shape index (κ1) is 11.1. The summed E-state index contributed by atoms with van der Waals surface area (Å²) in [7, 11) is 0. The Morgan fingerprint density at radius 3 is 3.00 bits per heavy atom. The predicted octanol–water partition coefficient (Wildman–Crippen LogP) is 2.09. The summed E-state index contributed by atoms with van der Waals surface area (Å²) in [6.07, 6.45) is 1.43. The van der Waals surface area contributed by atoms with E-state index in [1.807, 2.05) is 0 Å². The van der Waals surface area contributed by atoms with E-state index in [0.29, 0.717) is 12.2 Å². The first-order chi connectivity index (χ1) is 6.63. The maximum Gasteiger partial charge on any atom is 0.310 e. The Labute approximate surface area is 89.4 Å². The van der Waals surface area contributed by atoms with Gasteiger partial charge in [-0.1, -0.05) is 0 Å². The molecule has 0 aliphatic heterocycles. The fraction of sp³-hybridized carbons (Fsp3) is 0.333. The number of carbonyl (C=O) groups is 1. The first-order valence-corrected chi connectivity index (χ1v) is 4.88. The van der Waals surface area contributed by atoms with Crippen LogP contribution in [0.25, 0.3) is 0 Å². The largest absolute Gasteiger partial charge is 0.466 e. The molecule has 0 N–H and O–H groups in total. The van der Waals surface area contributed by atoms with E-state index in [0.717, 1.165) is 0 Å².